The van der Waals surface area contributed by atoms with Gasteiger partial charge in [0.05, 0.1) is 12.6 Å². The Kier molecular flexibility index (Phi) is 3.02. The van der Waals surface area contributed by atoms with Gasteiger partial charge in [-0.3, -0.25) is 9.59 Å². The summed E-state index contributed by atoms with van der Waals surface area (Å²) in [5.74, 6) is -1.37. The van der Waals surface area contributed by atoms with Crippen molar-refractivity contribution in [2.24, 2.45) is 0 Å². The van der Waals surface area contributed by atoms with Gasteiger partial charge in [0.2, 0.25) is 5.91 Å². The van der Waals surface area contributed by atoms with Gasteiger partial charge in [-0.05, 0) is 0 Å². The van der Waals surface area contributed by atoms with Crippen molar-refractivity contribution in [3.63, 3.8) is 0 Å². The summed E-state index contributed by atoms with van der Waals surface area (Å²) in [6, 6.07) is 0. The SMILES string of the molecule is O=C(O)CCC(=O)Nc1cnoc1. The quantitative estimate of drug-likeness (QED) is 0.709. The zero-order valence-corrected chi connectivity index (χ0v) is 6.69. The van der Waals surface area contributed by atoms with E-state index < -0.39 is 5.97 Å². The molecule has 1 aromatic rings. The number of amides is 1. The van der Waals surface area contributed by atoms with Crippen LogP contribution in [0.4, 0.5) is 5.69 Å². The highest BCUT2D eigenvalue weighted by molar-refractivity contribution is 5.91. The number of rotatable bonds is 4. The second-order valence-corrected chi connectivity index (χ2v) is 2.36. The fourth-order valence-corrected chi connectivity index (χ4v) is 0.711. The number of carboxylic acid groups (broad SMARTS) is 1. The lowest BCUT2D eigenvalue weighted by Gasteiger charge is -1.98. The molecule has 0 saturated carbocycles. The summed E-state index contributed by atoms with van der Waals surface area (Å²) >= 11 is 0. The van der Waals surface area contributed by atoms with E-state index in [-0.39, 0.29) is 18.7 Å². The van der Waals surface area contributed by atoms with Crippen molar-refractivity contribution in [2.45, 2.75) is 12.8 Å². The Labute approximate surface area is 73.5 Å². The molecule has 0 saturated heterocycles. The maximum Gasteiger partial charge on any atom is 0.303 e. The molecule has 0 spiro atoms. The van der Waals surface area contributed by atoms with Crippen molar-refractivity contribution in [2.75, 3.05) is 5.32 Å². The number of nitrogens with zero attached hydrogens (tertiary/aromatic N) is 1. The van der Waals surface area contributed by atoms with Gasteiger partial charge in [-0.1, -0.05) is 5.16 Å². The van der Waals surface area contributed by atoms with E-state index in [4.69, 9.17) is 5.11 Å². The first-order chi connectivity index (χ1) is 6.18. The molecular formula is C7H8N2O4. The van der Waals surface area contributed by atoms with E-state index in [1.165, 1.54) is 12.5 Å². The lowest BCUT2D eigenvalue weighted by Crippen LogP contribution is -2.12. The maximum atomic E-state index is 11.0. The monoisotopic (exact) mass is 184 g/mol. The predicted octanol–water partition coefficient (Wildman–Crippen LogP) is 0.478. The fourth-order valence-electron chi connectivity index (χ4n) is 0.711. The molecule has 0 atom stereocenters. The number of aromatic nitrogens is 1. The minimum atomic E-state index is -1.000. The smallest absolute Gasteiger partial charge is 0.303 e. The van der Waals surface area contributed by atoms with E-state index in [1.54, 1.807) is 0 Å². The largest absolute Gasteiger partial charge is 0.481 e. The number of aliphatic carboxylic acids is 1. The van der Waals surface area contributed by atoms with Gasteiger partial charge >= 0.3 is 5.97 Å². The first-order valence-electron chi connectivity index (χ1n) is 3.59. The molecule has 0 aromatic carbocycles. The molecule has 0 fully saturated rings. The molecule has 6 heteroatoms. The molecule has 1 heterocycles. The molecule has 6 nitrogen and oxygen atoms in total. The summed E-state index contributed by atoms with van der Waals surface area (Å²) in [6.07, 6.45) is 2.36. The predicted molar refractivity (Wildman–Crippen MR) is 42.0 cm³/mol. The zero-order valence-electron chi connectivity index (χ0n) is 6.69. The van der Waals surface area contributed by atoms with Crippen LogP contribution in [0.15, 0.2) is 17.0 Å². The van der Waals surface area contributed by atoms with Gasteiger partial charge in [-0.25, -0.2) is 0 Å². The second kappa shape index (κ2) is 4.24. The molecule has 0 aliphatic rings. The first kappa shape index (κ1) is 9.24. The van der Waals surface area contributed by atoms with E-state index in [0.717, 1.165) is 0 Å². The molecule has 1 rings (SSSR count). The van der Waals surface area contributed by atoms with Crippen molar-refractivity contribution in [1.29, 1.82) is 0 Å². The standard InChI is InChI=1S/C7H8N2O4/c10-6(1-2-7(11)12)9-5-3-8-13-4-5/h3-4H,1-2H2,(H,9,10)(H,11,12). The van der Waals surface area contributed by atoms with Crippen molar-refractivity contribution >= 4 is 17.6 Å². The van der Waals surface area contributed by atoms with Crippen LogP contribution in [-0.4, -0.2) is 22.1 Å². The second-order valence-electron chi connectivity index (χ2n) is 2.36. The number of carbonyl (C=O) groups is 2. The van der Waals surface area contributed by atoms with E-state index in [1.807, 2.05) is 0 Å². The van der Waals surface area contributed by atoms with Crippen molar-refractivity contribution < 1.29 is 19.2 Å². The fraction of sp³-hybridized carbons (Fsp3) is 0.286. The third kappa shape index (κ3) is 3.37. The highest BCUT2D eigenvalue weighted by atomic mass is 16.5. The van der Waals surface area contributed by atoms with Gasteiger partial charge in [0.15, 0.2) is 0 Å². The minimum absolute atomic E-state index is 0.0550. The lowest BCUT2D eigenvalue weighted by atomic mass is 10.3. The molecule has 70 valence electrons. The molecule has 13 heavy (non-hydrogen) atoms. The van der Waals surface area contributed by atoms with Gasteiger partial charge in [0.25, 0.3) is 0 Å². The minimum Gasteiger partial charge on any atom is -0.481 e. The van der Waals surface area contributed by atoms with Gasteiger partial charge in [0, 0.05) is 6.42 Å². The number of hydrogen-bond acceptors (Lipinski definition) is 4. The van der Waals surface area contributed by atoms with Crippen LogP contribution in [0.5, 0.6) is 0 Å². The van der Waals surface area contributed by atoms with E-state index >= 15 is 0 Å². The summed E-state index contributed by atoms with van der Waals surface area (Å²) in [5.41, 5.74) is 0.426. The summed E-state index contributed by atoms with van der Waals surface area (Å²) in [7, 11) is 0. The Bertz CT molecular complexity index is 293. The Hall–Kier alpha value is -1.85. The van der Waals surface area contributed by atoms with Gasteiger partial charge < -0.3 is 14.9 Å². The zero-order chi connectivity index (χ0) is 9.68. The van der Waals surface area contributed by atoms with Crippen LogP contribution in [0.25, 0.3) is 0 Å². The average Bonchev–Trinajstić information content (AvgIpc) is 2.53. The van der Waals surface area contributed by atoms with Gasteiger partial charge in [-0.15, -0.1) is 0 Å². The topological polar surface area (TPSA) is 92.4 Å². The van der Waals surface area contributed by atoms with Crippen LogP contribution in [0.1, 0.15) is 12.8 Å². The van der Waals surface area contributed by atoms with Crippen molar-refractivity contribution in [1.82, 2.24) is 5.16 Å². The lowest BCUT2D eigenvalue weighted by molar-refractivity contribution is -0.138. The third-order valence-electron chi connectivity index (χ3n) is 1.28. The normalized spacial score (nSPS) is 9.54. The summed E-state index contributed by atoms with van der Waals surface area (Å²) < 4.78 is 4.46. The highest BCUT2D eigenvalue weighted by Gasteiger charge is 2.06. The first-order valence-corrected chi connectivity index (χ1v) is 3.59. The van der Waals surface area contributed by atoms with E-state index in [0.29, 0.717) is 5.69 Å². The molecule has 0 aliphatic heterocycles. The Morgan fingerprint density at radius 1 is 1.54 bits per heavy atom. The Morgan fingerprint density at radius 2 is 2.31 bits per heavy atom. The van der Waals surface area contributed by atoms with Crippen molar-refractivity contribution in [3.8, 4) is 0 Å². The van der Waals surface area contributed by atoms with Crippen LogP contribution in [0, 0.1) is 0 Å². The molecule has 0 aliphatic carbocycles. The molecule has 1 amide bonds. The van der Waals surface area contributed by atoms with Gasteiger partial charge in [-0.2, -0.15) is 0 Å². The number of carbonyl (C=O) groups excluding carboxylic acids is 1. The number of carboxylic acids is 1. The molecular weight excluding hydrogens is 176 g/mol. The number of anilines is 1. The van der Waals surface area contributed by atoms with Crippen molar-refractivity contribution in [3.05, 3.63) is 12.5 Å². The molecule has 0 unspecified atom stereocenters. The van der Waals surface area contributed by atoms with E-state index in [9.17, 15) is 9.59 Å². The van der Waals surface area contributed by atoms with Crippen LogP contribution in [0.2, 0.25) is 0 Å². The third-order valence-corrected chi connectivity index (χ3v) is 1.28. The van der Waals surface area contributed by atoms with E-state index in [2.05, 4.69) is 15.0 Å². The Morgan fingerprint density at radius 3 is 2.85 bits per heavy atom. The number of hydrogen-bond donors (Lipinski definition) is 2. The molecule has 0 bridgehead atoms. The molecule has 1 aromatic heterocycles. The molecule has 2 N–H and O–H groups in total. The summed E-state index contributed by atoms with van der Waals surface area (Å²) in [6.45, 7) is 0. The summed E-state index contributed by atoms with van der Waals surface area (Å²) in [4.78, 5) is 21.1. The van der Waals surface area contributed by atoms with Crippen LogP contribution in [0.3, 0.4) is 0 Å². The van der Waals surface area contributed by atoms with Crippen LogP contribution in [-0.2, 0) is 9.59 Å². The Balaban J connectivity index is 2.30. The highest BCUT2D eigenvalue weighted by Crippen LogP contribution is 2.04. The van der Waals surface area contributed by atoms with Gasteiger partial charge in [0.1, 0.15) is 12.0 Å². The average molecular weight is 184 g/mol. The maximum absolute atomic E-state index is 11.0. The summed E-state index contributed by atoms with van der Waals surface area (Å²) in [5, 5.41) is 14.1. The number of nitrogens with one attached hydrogen (secondary N) is 1. The van der Waals surface area contributed by atoms with Crippen LogP contribution >= 0.6 is 0 Å². The molecule has 0 radical (unpaired) electrons. The van der Waals surface area contributed by atoms with Crippen LogP contribution < -0.4 is 5.32 Å².